The van der Waals surface area contributed by atoms with Crippen molar-refractivity contribution in [3.05, 3.63) is 17.8 Å². The second kappa shape index (κ2) is 6.23. The highest BCUT2D eigenvalue weighted by molar-refractivity contribution is 5.89. The van der Waals surface area contributed by atoms with E-state index in [1.54, 1.807) is 0 Å². The van der Waals surface area contributed by atoms with E-state index < -0.39 is 5.97 Å². The molecule has 0 aliphatic rings. The molecule has 0 amide bonds. The summed E-state index contributed by atoms with van der Waals surface area (Å²) in [7, 11) is 0. The molecular formula is C13H21N3O2. The number of nitrogens with one attached hydrogen (secondary N) is 1. The lowest BCUT2D eigenvalue weighted by molar-refractivity contribution is 0.0696. The highest BCUT2D eigenvalue weighted by Crippen LogP contribution is 2.19. The van der Waals surface area contributed by atoms with Crippen LogP contribution in [0.3, 0.4) is 0 Å². The molecule has 0 bridgehead atoms. The molecule has 18 heavy (non-hydrogen) atoms. The standard InChI is InChI=1S/C13H21N3O2/c1-8(2)4-5-9(3)16-12-11(14)6-10(7-15-12)13(17)18/h6-9H,4-5,14H2,1-3H3,(H,15,16)(H,17,18). The van der Waals surface area contributed by atoms with Gasteiger partial charge in [0.05, 0.1) is 11.3 Å². The van der Waals surface area contributed by atoms with Crippen molar-refractivity contribution in [2.75, 3.05) is 11.1 Å². The van der Waals surface area contributed by atoms with Crippen molar-refractivity contribution < 1.29 is 9.90 Å². The molecule has 1 heterocycles. The predicted molar refractivity (Wildman–Crippen MR) is 72.8 cm³/mol. The SMILES string of the molecule is CC(C)CCC(C)Nc1ncc(C(=O)O)cc1N. The van der Waals surface area contributed by atoms with Crippen molar-refractivity contribution >= 4 is 17.5 Å². The quantitative estimate of drug-likeness (QED) is 0.723. The molecule has 0 aliphatic heterocycles. The third kappa shape index (κ3) is 4.24. The summed E-state index contributed by atoms with van der Waals surface area (Å²) in [4.78, 5) is 14.8. The molecule has 5 nitrogen and oxygen atoms in total. The lowest BCUT2D eigenvalue weighted by Crippen LogP contribution is -2.18. The number of aromatic nitrogens is 1. The molecule has 5 heteroatoms. The number of hydrogen-bond donors (Lipinski definition) is 3. The van der Waals surface area contributed by atoms with Crippen LogP contribution in [-0.2, 0) is 0 Å². The van der Waals surface area contributed by atoms with Crippen molar-refractivity contribution in [3.63, 3.8) is 0 Å². The Balaban J connectivity index is 2.64. The minimum absolute atomic E-state index is 0.105. The van der Waals surface area contributed by atoms with Crippen LogP contribution in [0.4, 0.5) is 11.5 Å². The summed E-state index contributed by atoms with van der Waals surface area (Å²) in [6.45, 7) is 6.43. The summed E-state index contributed by atoms with van der Waals surface area (Å²) in [5.41, 5.74) is 6.25. The molecule has 1 atom stereocenters. The lowest BCUT2D eigenvalue weighted by Gasteiger charge is -2.17. The fourth-order valence-electron chi connectivity index (χ4n) is 1.61. The normalized spacial score (nSPS) is 12.4. The molecule has 100 valence electrons. The topological polar surface area (TPSA) is 88.2 Å². The largest absolute Gasteiger partial charge is 0.478 e. The number of anilines is 2. The van der Waals surface area contributed by atoms with Gasteiger partial charge in [0.25, 0.3) is 0 Å². The van der Waals surface area contributed by atoms with E-state index in [2.05, 4.69) is 31.1 Å². The van der Waals surface area contributed by atoms with Crippen molar-refractivity contribution in [1.82, 2.24) is 4.98 Å². The average Bonchev–Trinajstić information content (AvgIpc) is 2.29. The number of nitrogen functional groups attached to an aromatic ring is 1. The van der Waals surface area contributed by atoms with Gasteiger partial charge in [-0.1, -0.05) is 13.8 Å². The lowest BCUT2D eigenvalue weighted by atomic mass is 10.0. The molecule has 0 spiro atoms. The maximum absolute atomic E-state index is 10.7. The Hall–Kier alpha value is -1.78. The Kier molecular flexibility index (Phi) is 4.95. The van der Waals surface area contributed by atoms with E-state index in [0.717, 1.165) is 12.8 Å². The number of hydrogen-bond acceptors (Lipinski definition) is 4. The molecule has 0 aromatic carbocycles. The van der Waals surface area contributed by atoms with Gasteiger partial charge in [-0.2, -0.15) is 0 Å². The first-order valence-corrected chi connectivity index (χ1v) is 6.15. The van der Waals surface area contributed by atoms with Crippen LogP contribution < -0.4 is 11.1 Å². The van der Waals surface area contributed by atoms with Gasteiger partial charge in [0.15, 0.2) is 0 Å². The zero-order chi connectivity index (χ0) is 13.7. The van der Waals surface area contributed by atoms with Gasteiger partial charge in [0.2, 0.25) is 0 Å². The Morgan fingerprint density at radius 2 is 2.11 bits per heavy atom. The first-order chi connectivity index (χ1) is 8.40. The van der Waals surface area contributed by atoms with Gasteiger partial charge in [0.1, 0.15) is 5.82 Å². The number of carboxylic acid groups (broad SMARTS) is 1. The summed E-state index contributed by atoms with van der Waals surface area (Å²) in [6.07, 6.45) is 3.47. The van der Waals surface area contributed by atoms with Crippen LogP contribution in [0.1, 0.15) is 44.0 Å². The van der Waals surface area contributed by atoms with Crippen molar-refractivity contribution in [2.45, 2.75) is 39.7 Å². The number of carboxylic acids is 1. The summed E-state index contributed by atoms with van der Waals surface area (Å²) >= 11 is 0. The highest BCUT2D eigenvalue weighted by Gasteiger charge is 2.10. The maximum atomic E-state index is 10.7. The summed E-state index contributed by atoms with van der Waals surface area (Å²) < 4.78 is 0. The Morgan fingerprint density at radius 3 is 2.61 bits per heavy atom. The number of aromatic carboxylic acids is 1. The van der Waals surface area contributed by atoms with Gasteiger partial charge in [-0.3, -0.25) is 0 Å². The molecule has 1 rings (SSSR count). The minimum Gasteiger partial charge on any atom is -0.478 e. The third-order valence-electron chi connectivity index (χ3n) is 2.72. The van der Waals surface area contributed by atoms with E-state index in [9.17, 15) is 4.79 Å². The molecule has 1 unspecified atom stereocenters. The van der Waals surface area contributed by atoms with Gasteiger partial charge in [-0.05, 0) is 31.7 Å². The van der Waals surface area contributed by atoms with Crippen LogP contribution in [0, 0.1) is 5.92 Å². The van der Waals surface area contributed by atoms with Crippen LogP contribution in [0.15, 0.2) is 12.3 Å². The smallest absolute Gasteiger partial charge is 0.337 e. The van der Waals surface area contributed by atoms with Crippen molar-refractivity contribution in [1.29, 1.82) is 0 Å². The van der Waals surface area contributed by atoms with Crippen LogP contribution in [0.5, 0.6) is 0 Å². The van der Waals surface area contributed by atoms with Crippen LogP contribution >= 0.6 is 0 Å². The van der Waals surface area contributed by atoms with Gasteiger partial charge in [0, 0.05) is 12.2 Å². The van der Waals surface area contributed by atoms with E-state index in [4.69, 9.17) is 10.8 Å². The summed E-state index contributed by atoms with van der Waals surface area (Å²) in [5, 5.41) is 12.0. The number of carbonyl (C=O) groups is 1. The molecule has 1 aromatic heterocycles. The second-order valence-electron chi connectivity index (χ2n) is 4.98. The monoisotopic (exact) mass is 251 g/mol. The van der Waals surface area contributed by atoms with Gasteiger partial charge in [-0.15, -0.1) is 0 Å². The maximum Gasteiger partial charge on any atom is 0.337 e. The minimum atomic E-state index is -1.02. The molecular weight excluding hydrogens is 230 g/mol. The van der Waals surface area contributed by atoms with Gasteiger partial charge >= 0.3 is 5.97 Å². The Labute approximate surface area is 107 Å². The summed E-state index contributed by atoms with van der Waals surface area (Å²) in [6, 6.07) is 1.69. The molecule has 0 aliphatic carbocycles. The molecule has 1 aromatic rings. The molecule has 0 saturated heterocycles. The Bertz CT molecular complexity index is 419. The highest BCUT2D eigenvalue weighted by atomic mass is 16.4. The van der Waals surface area contributed by atoms with E-state index in [-0.39, 0.29) is 11.6 Å². The number of nitrogens with two attached hydrogens (primary N) is 1. The Morgan fingerprint density at radius 1 is 1.44 bits per heavy atom. The second-order valence-corrected chi connectivity index (χ2v) is 4.98. The zero-order valence-corrected chi connectivity index (χ0v) is 11.1. The van der Waals surface area contributed by atoms with Crippen molar-refractivity contribution in [2.24, 2.45) is 5.92 Å². The number of pyridine rings is 1. The third-order valence-corrected chi connectivity index (χ3v) is 2.72. The average molecular weight is 251 g/mol. The van der Waals surface area contributed by atoms with Crippen LogP contribution in [0.25, 0.3) is 0 Å². The predicted octanol–water partition coefficient (Wildman–Crippen LogP) is 2.60. The number of rotatable bonds is 6. The van der Waals surface area contributed by atoms with E-state index in [1.165, 1.54) is 12.3 Å². The van der Waals surface area contributed by atoms with E-state index in [0.29, 0.717) is 17.4 Å². The van der Waals surface area contributed by atoms with Gasteiger partial charge in [-0.25, -0.2) is 9.78 Å². The fraction of sp³-hybridized carbons (Fsp3) is 0.538. The first-order valence-electron chi connectivity index (χ1n) is 6.15. The van der Waals surface area contributed by atoms with Crippen molar-refractivity contribution in [3.8, 4) is 0 Å². The van der Waals surface area contributed by atoms with E-state index >= 15 is 0 Å². The number of nitrogens with zero attached hydrogens (tertiary/aromatic N) is 1. The van der Waals surface area contributed by atoms with Gasteiger partial charge < -0.3 is 16.2 Å². The molecule has 4 N–H and O–H groups in total. The zero-order valence-electron chi connectivity index (χ0n) is 11.1. The molecule has 0 fully saturated rings. The molecule has 0 saturated carbocycles. The van der Waals surface area contributed by atoms with Crippen LogP contribution in [-0.4, -0.2) is 22.1 Å². The van der Waals surface area contributed by atoms with Crippen LogP contribution in [0.2, 0.25) is 0 Å². The van der Waals surface area contributed by atoms with E-state index in [1.807, 2.05) is 0 Å². The summed E-state index contributed by atoms with van der Waals surface area (Å²) in [5.74, 6) is 0.193. The fourth-order valence-corrected chi connectivity index (χ4v) is 1.61. The molecule has 0 radical (unpaired) electrons. The first kappa shape index (κ1) is 14.3.